The van der Waals surface area contributed by atoms with Gasteiger partial charge in [-0.3, -0.25) is 5.21 Å². The minimum atomic E-state index is -0.0288. The van der Waals surface area contributed by atoms with E-state index in [0.717, 1.165) is 11.1 Å². The Morgan fingerprint density at radius 1 is 0.750 bits per heavy atom. The van der Waals surface area contributed by atoms with Gasteiger partial charge in [0, 0.05) is 0 Å². The molecule has 1 N–H and O–H groups in total. The van der Waals surface area contributed by atoms with E-state index < -0.39 is 0 Å². The fraction of sp³-hybridized carbons (Fsp3) is 0.100. The Morgan fingerprint density at radius 2 is 1.36 bits per heavy atom. The van der Waals surface area contributed by atoms with Crippen LogP contribution in [0.25, 0.3) is 0 Å². The monoisotopic (exact) mass is 378 g/mol. The molecule has 8 nitrogen and oxygen atoms in total. The number of nitroso groups, excluding NO2 is 2. The number of hydroxylamine groups is 1. The topological polar surface area (TPSA) is 94.8 Å². The van der Waals surface area contributed by atoms with E-state index in [1.54, 1.807) is 48.5 Å². The molecule has 8 heteroatoms. The third kappa shape index (κ3) is 4.68. The van der Waals surface area contributed by atoms with Gasteiger partial charge in [-0.1, -0.05) is 42.5 Å². The van der Waals surface area contributed by atoms with Crippen LogP contribution in [0.5, 0.6) is 5.75 Å². The van der Waals surface area contributed by atoms with Gasteiger partial charge < -0.3 is 4.74 Å². The van der Waals surface area contributed by atoms with E-state index in [0.29, 0.717) is 22.3 Å². The molecule has 0 radical (unpaired) electrons. The average molecular weight is 378 g/mol. The quantitative estimate of drug-likeness (QED) is 0.418. The molecule has 0 aliphatic carbocycles. The number of ether oxygens (including phenoxy) is 1. The molecule has 0 atom stereocenters. The van der Waals surface area contributed by atoms with Crippen molar-refractivity contribution in [3.8, 4) is 5.75 Å². The van der Waals surface area contributed by atoms with Gasteiger partial charge in [0.1, 0.15) is 12.4 Å². The van der Waals surface area contributed by atoms with E-state index in [1.807, 2.05) is 30.3 Å². The maximum Gasteiger partial charge on any atom is 0.119 e. The van der Waals surface area contributed by atoms with Crippen LogP contribution in [0.1, 0.15) is 11.1 Å². The smallest absolute Gasteiger partial charge is 0.119 e. The normalized spacial score (nSPS) is 10.2. The number of benzene rings is 3. The lowest BCUT2D eigenvalue weighted by molar-refractivity contribution is -0.100. The lowest BCUT2D eigenvalue weighted by atomic mass is 10.1. The summed E-state index contributed by atoms with van der Waals surface area (Å²) >= 11 is 0. The van der Waals surface area contributed by atoms with Crippen molar-refractivity contribution in [1.82, 2.24) is 5.17 Å². The Hall–Kier alpha value is -3.78. The maximum absolute atomic E-state index is 11.2. The minimum absolute atomic E-state index is 0.0288. The Labute approximate surface area is 161 Å². The first-order valence-corrected chi connectivity index (χ1v) is 8.49. The second kappa shape index (κ2) is 9.24. The van der Waals surface area contributed by atoms with Crippen molar-refractivity contribution in [2.75, 3.05) is 5.01 Å². The van der Waals surface area contributed by atoms with E-state index in [2.05, 4.69) is 10.6 Å². The molecule has 0 bridgehead atoms. The van der Waals surface area contributed by atoms with E-state index in [-0.39, 0.29) is 13.2 Å². The zero-order valence-electron chi connectivity index (χ0n) is 14.9. The predicted molar refractivity (Wildman–Crippen MR) is 105 cm³/mol. The molecule has 0 aliphatic heterocycles. The molecular formula is C20H18N4O4. The Morgan fingerprint density at radius 3 is 2.00 bits per heavy atom. The van der Waals surface area contributed by atoms with Crippen LogP contribution in [-0.2, 0) is 13.2 Å². The Bertz CT molecular complexity index is 919. The number of hydrogen-bond acceptors (Lipinski definition) is 6. The van der Waals surface area contributed by atoms with Crippen molar-refractivity contribution < 1.29 is 9.94 Å². The highest BCUT2D eigenvalue weighted by Crippen LogP contribution is 2.27. The second-order valence-corrected chi connectivity index (χ2v) is 5.89. The third-order valence-electron chi connectivity index (χ3n) is 4.08. The summed E-state index contributed by atoms with van der Waals surface area (Å²) in [4.78, 5) is 21.6. The van der Waals surface area contributed by atoms with Gasteiger partial charge in [-0.15, -0.1) is 15.0 Å². The summed E-state index contributed by atoms with van der Waals surface area (Å²) in [7, 11) is 0. The van der Waals surface area contributed by atoms with Gasteiger partial charge >= 0.3 is 0 Å². The number of nitrogens with zero attached hydrogens (tertiary/aromatic N) is 4. The molecule has 0 aromatic heterocycles. The number of anilines is 2. The van der Waals surface area contributed by atoms with Crippen LogP contribution in [0.15, 0.2) is 89.4 Å². The molecule has 28 heavy (non-hydrogen) atoms. The van der Waals surface area contributed by atoms with Crippen LogP contribution in [0.3, 0.4) is 0 Å². The SMILES string of the molecule is O=NN(O)Cc1ccccc1COc1ccc(N(N=O)c2ccccc2)cc1. The first-order valence-electron chi connectivity index (χ1n) is 8.49. The van der Waals surface area contributed by atoms with Crippen LogP contribution in [-0.4, -0.2) is 10.4 Å². The van der Waals surface area contributed by atoms with Gasteiger partial charge in [0.2, 0.25) is 0 Å². The Kier molecular flexibility index (Phi) is 6.27. The third-order valence-corrected chi connectivity index (χ3v) is 4.08. The lowest BCUT2D eigenvalue weighted by Gasteiger charge is -2.16. The summed E-state index contributed by atoms with van der Waals surface area (Å²) in [6.07, 6.45) is 0. The molecule has 142 valence electrons. The van der Waals surface area contributed by atoms with Crippen molar-refractivity contribution >= 4 is 11.4 Å². The largest absolute Gasteiger partial charge is 0.489 e. The lowest BCUT2D eigenvalue weighted by Crippen LogP contribution is -2.12. The molecule has 0 saturated carbocycles. The van der Waals surface area contributed by atoms with E-state index in [4.69, 9.17) is 4.74 Å². The van der Waals surface area contributed by atoms with E-state index in [1.165, 1.54) is 5.01 Å². The number of hydrogen-bond donors (Lipinski definition) is 1. The molecule has 3 aromatic carbocycles. The van der Waals surface area contributed by atoms with Crippen LogP contribution in [0.4, 0.5) is 11.4 Å². The van der Waals surface area contributed by atoms with Crippen molar-refractivity contribution in [2.24, 2.45) is 10.6 Å². The molecule has 0 unspecified atom stereocenters. The summed E-state index contributed by atoms with van der Waals surface area (Å²) in [5.41, 5.74) is 2.82. The molecule has 3 rings (SSSR count). The molecule has 3 aromatic rings. The fourth-order valence-electron chi connectivity index (χ4n) is 2.69. The average Bonchev–Trinajstić information content (AvgIpc) is 2.75. The number of rotatable bonds is 9. The summed E-state index contributed by atoms with van der Waals surface area (Å²) in [6, 6.07) is 23.3. The zero-order valence-corrected chi connectivity index (χ0v) is 14.9. The molecule has 0 spiro atoms. The van der Waals surface area contributed by atoms with Crippen LogP contribution in [0.2, 0.25) is 0 Å². The van der Waals surface area contributed by atoms with Gasteiger partial charge in [0.05, 0.1) is 28.5 Å². The second-order valence-electron chi connectivity index (χ2n) is 5.89. The van der Waals surface area contributed by atoms with E-state index >= 15 is 0 Å². The standard InChI is InChI=1S/C20H18N4O4/c25-21-23(27)14-16-6-4-5-7-17(16)15-28-20-12-10-19(11-13-20)24(22-26)18-8-2-1-3-9-18/h1-13,27H,14-15H2. The highest BCUT2D eigenvalue weighted by atomic mass is 16.6. The molecule has 0 saturated heterocycles. The van der Waals surface area contributed by atoms with Crippen molar-refractivity contribution in [2.45, 2.75) is 13.2 Å². The van der Waals surface area contributed by atoms with Crippen molar-refractivity contribution in [3.63, 3.8) is 0 Å². The van der Waals surface area contributed by atoms with Crippen LogP contribution in [0, 0.1) is 9.81 Å². The van der Waals surface area contributed by atoms with Gasteiger partial charge in [0.15, 0.2) is 0 Å². The zero-order chi connectivity index (χ0) is 19.8. The van der Waals surface area contributed by atoms with Crippen molar-refractivity contribution in [1.29, 1.82) is 0 Å². The van der Waals surface area contributed by atoms with Crippen LogP contribution < -0.4 is 9.75 Å². The summed E-state index contributed by atoms with van der Waals surface area (Å²) in [5, 5.41) is 16.5. The van der Waals surface area contributed by atoms with Gasteiger partial charge in [-0.25, -0.2) is 0 Å². The van der Waals surface area contributed by atoms with Gasteiger partial charge in [0.25, 0.3) is 0 Å². The fourth-order valence-corrected chi connectivity index (χ4v) is 2.69. The first-order chi connectivity index (χ1) is 13.7. The molecule has 0 amide bonds. The van der Waals surface area contributed by atoms with Gasteiger partial charge in [-0.2, -0.15) is 5.01 Å². The Balaban J connectivity index is 1.69. The first kappa shape index (κ1) is 19.0. The highest BCUT2D eigenvalue weighted by molar-refractivity contribution is 5.62. The molecular weight excluding hydrogens is 360 g/mol. The predicted octanol–water partition coefficient (Wildman–Crippen LogP) is 4.96. The van der Waals surface area contributed by atoms with Gasteiger partial charge in [-0.05, 0) is 47.5 Å². The number of para-hydroxylation sites is 1. The molecule has 0 aliphatic rings. The van der Waals surface area contributed by atoms with Crippen molar-refractivity contribution in [3.05, 3.63) is 99.8 Å². The summed E-state index contributed by atoms with van der Waals surface area (Å²) < 4.78 is 5.79. The highest BCUT2D eigenvalue weighted by Gasteiger charge is 2.10. The minimum Gasteiger partial charge on any atom is -0.489 e. The molecule has 0 fully saturated rings. The summed E-state index contributed by atoms with van der Waals surface area (Å²) in [6.45, 7) is 0.218. The summed E-state index contributed by atoms with van der Waals surface area (Å²) in [5.74, 6) is 0.604. The molecule has 0 heterocycles. The van der Waals surface area contributed by atoms with E-state index in [9.17, 15) is 15.0 Å². The van der Waals surface area contributed by atoms with Crippen LogP contribution >= 0.6 is 0 Å². The maximum atomic E-state index is 11.2.